The lowest BCUT2D eigenvalue weighted by molar-refractivity contribution is -0.114. The Bertz CT molecular complexity index is 1140. The molecule has 4 rings (SSSR count). The van der Waals surface area contributed by atoms with Crippen molar-refractivity contribution in [1.29, 1.82) is 0 Å². The number of carbonyl (C=O) groups is 2. The second-order valence-corrected chi connectivity index (χ2v) is 9.83. The summed E-state index contributed by atoms with van der Waals surface area (Å²) >= 11 is 0. The Morgan fingerprint density at radius 1 is 0.912 bits per heavy atom. The molecule has 2 heterocycles. The molecule has 2 fully saturated rings. The molecule has 2 aliphatic rings. The maximum atomic E-state index is 13.2. The molecule has 0 atom stereocenters. The molecule has 1 amide bonds. The van der Waals surface area contributed by atoms with E-state index in [-0.39, 0.29) is 35.2 Å². The number of carbonyl (C=O) groups excluding carboxylic acids is 2. The van der Waals surface area contributed by atoms with Crippen LogP contribution in [0.15, 0.2) is 47.4 Å². The van der Waals surface area contributed by atoms with Gasteiger partial charge in [-0.1, -0.05) is 0 Å². The van der Waals surface area contributed by atoms with Crippen LogP contribution in [0.1, 0.15) is 17.3 Å². The average molecular weight is 490 g/mol. The number of hydrogen-bond acceptors (Lipinski definition) is 8. The van der Waals surface area contributed by atoms with Gasteiger partial charge >= 0.3 is 5.97 Å². The van der Waals surface area contributed by atoms with Crippen molar-refractivity contribution in [2.75, 3.05) is 62.8 Å². The molecule has 0 spiro atoms. The quantitative estimate of drug-likeness (QED) is 0.482. The van der Waals surface area contributed by atoms with E-state index in [0.29, 0.717) is 50.9 Å². The molecular formula is C23H27N3O7S. The van der Waals surface area contributed by atoms with Gasteiger partial charge in [0.05, 0.1) is 42.6 Å². The number of sulfonamides is 1. The molecule has 0 aliphatic carbocycles. The first-order valence-corrected chi connectivity index (χ1v) is 12.4. The summed E-state index contributed by atoms with van der Waals surface area (Å²) in [6, 6.07) is 10.9. The van der Waals surface area contributed by atoms with Gasteiger partial charge in [0.2, 0.25) is 15.9 Å². The highest BCUT2D eigenvalue weighted by atomic mass is 32.2. The lowest BCUT2D eigenvalue weighted by Gasteiger charge is -2.31. The van der Waals surface area contributed by atoms with Gasteiger partial charge in [0, 0.05) is 38.8 Å². The Labute approximate surface area is 198 Å². The normalized spacial score (nSPS) is 17.3. The summed E-state index contributed by atoms with van der Waals surface area (Å²) < 4.78 is 44.0. The third kappa shape index (κ3) is 5.55. The van der Waals surface area contributed by atoms with E-state index in [9.17, 15) is 18.0 Å². The minimum absolute atomic E-state index is 0.0272. The van der Waals surface area contributed by atoms with Crippen LogP contribution >= 0.6 is 0 Å². The summed E-state index contributed by atoms with van der Waals surface area (Å²) in [5.41, 5.74) is 1.31. The van der Waals surface area contributed by atoms with Crippen LogP contribution in [-0.2, 0) is 24.3 Å². The van der Waals surface area contributed by atoms with E-state index in [2.05, 4.69) is 5.32 Å². The van der Waals surface area contributed by atoms with Crippen LogP contribution in [0.5, 0.6) is 5.75 Å². The summed E-state index contributed by atoms with van der Waals surface area (Å²) in [5.74, 6) is -0.612. The molecule has 0 unspecified atom stereocenters. The molecule has 34 heavy (non-hydrogen) atoms. The molecular weight excluding hydrogens is 462 g/mol. The Morgan fingerprint density at radius 2 is 1.53 bits per heavy atom. The molecule has 0 saturated carbocycles. The molecule has 182 valence electrons. The van der Waals surface area contributed by atoms with Crippen LogP contribution < -0.4 is 15.0 Å². The number of amides is 1. The monoisotopic (exact) mass is 489 g/mol. The molecule has 2 aromatic carbocycles. The van der Waals surface area contributed by atoms with E-state index in [1.807, 2.05) is 4.90 Å². The van der Waals surface area contributed by atoms with Crippen molar-refractivity contribution in [3.63, 3.8) is 0 Å². The molecule has 2 saturated heterocycles. The second-order valence-electron chi connectivity index (χ2n) is 7.89. The molecule has 2 aliphatic heterocycles. The zero-order chi connectivity index (χ0) is 24.1. The van der Waals surface area contributed by atoms with E-state index in [1.54, 1.807) is 30.3 Å². The van der Waals surface area contributed by atoms with Crippen LogP contribution in [-0.4, -0.2) is 77.2 Å². The predicted octanol–water partition coefficient (Wildman–Crippen LogP) is 1.72. The minimum atomic E-state index is -3.79. The fraction of sp³-hybridized carbons (Fsp3) is 0.391. The third-order valence-electron chi connectivity index (χ3n) is 5.53. The summed E-state index contributed by atoms with van der Waals surface area (Å²) in [6.45, 7) is 4.73. The number of anilines is 2. The van der Waals surface area contributed by atoms with Crippen LogP contribution in [0, 0.1) is 0 Å². The number of esters is 1. The van der Waals surface area contributed by atoms with Gasteiger partial charge in [0.15, 0.2) is 0 Å². The maximum Gasteiger partial charge on any atom is 0.345 e. The van der Waals surface area contributed by atoms with Gasteiger partial charge in [-0.2, -0.15) is 4.31 Å². The van der Waals surface area contributed by atoms with Crippen molar-refractivity contribution in [1.82, 2.24) is 4.31 Å². The number of ether oxygens (including phenoxy) is 3. The largest absolute Gasteiger partial charge is 0.423 e. The SMILES string of the molecule is CC(=O)Nc1ccc(OC(=O)c2cc(S(=O)(=O)N3CCOCC3)ccc2N2CCOCC2)cc1. The van der Waals surface area contributed by atoms with Crippen LogP contribution in [0.2, 0.25) is 0 Å². The van der Waals surface area contributed by atoms with Gasteiger partial charge in [-0.15, -0.1) is 0 Å². The lowest BCUT2D eigenvalue weighted by atomic mass is 10.1. The third-order valence-corrected chi connectivity index (χ3v) is 7.43. The van der Waals surface area contributed by atoms with Crippen molar-refractivity contribution in [2.24, 2.45) is 0 Å². The smallest absolute Gasteiger partial charge is 0.345 e. The Morgan fingerprint density at radius 3 is 2.15 bits per heavy atom. The Balaban J connectivity index is 1.64. The van der Waals surface area contributed by atoms with Crippen molar-refractivity contribution >= 4 is 33.3 Å². The zero-order valence-corrected chi connectivity index (χ0v) is 19.7. The molecule has 0 aromatic heterocycles. The lowest BCUT2D eigenvalue weighted by Crippen LogP contribution is -2.41. The average Bonchev–Trinajstić information content (AvgIpc) is 2.85. The minimum Gasteiger partial charge on any atom is -0.423 e. The number of nitrogens with zero attached hydrogens (tertiary/aromatic N) is 2. The Kier molecular flexibility index (Phi) is 7.47. The Hall–Kier alpha value is -2.99. The summed E-state index contributed by atoms with van der Waals surface area (Å²) in [5, 5.41) is 2.65. The fourth-order valence-corrected chi connectivity index (χ4v) is 5.26. The first-order valence-electron chi connectivity index (χ1n) is 11.0. The summed E-state index contributed by atoms with van der Waals surface area (Å²) in [6.07, 6.45) is 0. The predicted molar refractivity (Wildman–Crippen MR) is 125 cm³/mol. The van der Waals surface area contributed by atoms with E-state index < -0.39 is 16.0 Å². The van der Waals surface area contributed by atoms with E-state index in [4.69, 9.17) is 14.2 Å². The fourth-order valence-electron chi connectivity index (χ4n) is 3.83. The molecule has 1 N–H and O–H groups in total. The van der Waals surface area contributed by atoms with E-state index in [0.717, 1.165) is 0 Å². The summed E-state index contributed by atoms with van der Waals surface area (Å²) in [4.78, 5) is 26.4. The number of rotatable bonds is 6. The second kappa shape index (κ2) is 10.5. The summed E-state index contributed by atoms with van der Waals surface area (Å²) in [7, 11) is -3.79. The van der Waals surface area contributed by atoms with Crippen LogP contribution in [0.25, 0.3) is 0 Å². The number of hydrogen-bond donors (Lipinski definition) is 1. The van der Waals surface area contributed by atoms with Gasteiger partial charge in [-0.05, 0) is 42.5 Å². The van der Waals surface area contributed by atoms with Crippen LogP contribution in [0.4, 0.5) is 11.4 Å². The van der Waals surface area contributed by atoms with Crippen LogP contribution in [0.3, 0.4) is 0 Å². The molecule has 10 nitrogen and oxygen atoms in total. The topological polar surface area (TPSA) is 114 Å². The van der Waals surface area contributed by atoms with Gasteiger partial charge in [0.1, 0.15) is 5.75 Å². The van der Waals surface area contributed by atoms with E-state index >= 15 is 0 Å². The highest BCUT2D eigenvalue weighted by Crippen LogP contribution is 2.28. The highest BCUT2D eigenvalue weighted by molar-refractivity contribution is 7.89. The van der Waals surface area contributed by atoms with Crippen molar-refractivity contribution < 1.29 is 32.2 Å². The zero-order valence-electron chi connectivity index (χ0n) is 18.9. The van der Waals surface area contributed by atoms with Gasteiger partial charge in [-0.25, -0.2) is 13.2 Å². The number of morpholine rings is 2. The van der Waals surface area contributed by atoms with Crippen molar-refractivity contribution in [3.05, 3.63) is 48.0 Å². The molecule has 2 aromatic rings. The van der Waals surface area contributed by atoms with E-state index in [1.165, 1.54) is 23.4 Å². The standard InChI is InChI=1S/C23H27N3O7S/c1-17(27)24-18-2-4-19(5-3-18)33-23(28)21-16-20(34(29,30)26-10-14-32-15-11-26)6-7-22(21)25-8-12-31-13-9-25/h2-7,16H,8-15H2,1H3,(H,24,27). The number of benzene rings is 2. The highest BCUT2D eigenvalue weighted by Gasteiger charge is 2.29. The van der Waals surface area contributed by atoms with Gasteiger partial charge in [-0.3, -0.25) is 4.79 Å². The van der Waals surface area contributed by atoms with Gasteiger partial charge in [0.25, 0.3) is 0 Å². The van der Waals surface area contributed by atoms with Crippen molar-refractivity contribution in [3.8, 4) is 5.75 Å². The van der Waals surface area contributed by atoms with Crippen molar-refractivity contribution in [2.45, 2.75) is 11.8 Å². The molecule has 0 radical (unpaired) electrons. The maximum absolute atomic E-state index is 13.2. The number of nitrogens with one attached hydrogen (secondary N) is 1. The first-order chi connectivity index (χ1) is 16.3. The molecule has 11 heteroatoms. The molecule has 0 bridgehead atoms. The van der Waals surface area contributed by atoms with Gasteiger partial charge < -0.3 is 24.4 Å². The first kappa shape index (κ1) is 24.1.